The minimum absolute atomic E-state index is 0.0216. The standard InChI is InChI=1S/C18H19NO3S/c1-21-15-10-14(11-16(12-15)22-2)18-19(8-9-23-18)17(20)13-6-4-3-5-7-13/h3-7,10-12,18H,8-9H2,1-2H3. The zero-order valence-electron chi connectivity index (χ0n) is 13.2. The zero-order valence-corrected chi connectivity index (χ0v) is 14.0. The first-order valence-electron chi connectivity index (χ1n) is 7.43. The van der Waals surface area contributed by atoms with Crippen LogP contribution in [0.3, 0.4) is 0 Å². The number of ether oxygens (including phenoxy) is 2. The number of nitrogens with zero attached hydrogens (tertiary/aromatic N) is 1. The van der Waals surface area contributed by atoms with Gasteiger partial charge in [-0.3, -0.25) is 4.79 Å². The fraction of sp³-hybridized carbons (Fsp3) is 0.278. The number of amides is 1. The van der Waals surface area contributed by atoms with Gasteiger partial charge in [-0.25, -0.2) is 0 Å². The highest BCUT2D eigenvalue weighted by molar-refractivity contribution is 7.99. The lowest BCUT2D eigenvalue weighted by Gasteiger charge is -2.25. The van der Waals surface area contributed by atoms with Gasteiger partial charge < -0.3 is 14.4 Å². The molecular formula is C18H19NO3S. The summed E-state index contributed by atoms with van der Waals surface area (Å²) in [4.78, 5) is 14.7. The lowest BCUT2D eigenvalue weighted by molar-refractivity contribution is 0.0760. The SMILES string of the molecule is COc1cc(OC)cc(C2SCCN2C(=O)c2ccccc2)c1. The maximum Gasteiger partial charge on any atom is 0.255 e. The summed E-state index contributed by atoms with van der Waals surface area (Å²) < 4.78 is 10.7. The van der Waals surface area contributed by atoms with Crippen LogP contribution in [-0.4, -0.2) is 37.3 Å². The van der Waals surface area contributed by atoms with E-state index in [1.807, 2.05) is 53.4 Å². The largest absolute Gasteiger partial charge is 0.497 e. The van der Waals surface area contributed by atoms with E-state index in [1.165, 1.54) is 0 Å². The molecule has 23 heavy (non-hydrogen) atoms. The van der Waals surface area contributed by atoms with Gasteiger partial charge in [0.1, 0.15) is 16.9 Å². The van der Waals surface area contributed by atoms with E-state index in [0.29, 0.717) is 0 Å². The Labute approximate surface area is 140 Å². The van der Waals surface area contributed by atoms with E-state index in [0.717, 1.165) is 34.9 Å². The summed E-state index contributed by atoms with van der Waals surface area (Å²) in [6.07, 6.45) is 0. The molecule has 0 radical (unpaired) electrons. The molecule has 0 aromatic heterocycles. The molecule has 1 saturated heterocycles. The molecule has 1 aliphatic rings. The zero-order chi connectivity index (χ0) is 16.2. The number of hydrogen-bond acceptors (Lipinski definition) is 4. The van der Waals surface area contributed by atoms with Crippen molar-refractivity contribution in [2.75, 3.05) is 26.5 Å². The molecule has 1 amide bonds. The Bertz CT molecular complexity index is 668. The highest BCUT2D eigenvalue weighted by Crippen LogP contribution is 2.41. The summed E-state index contributed by atoms with van der Waals surface area (Å²) in [5.74, 6) is 2.45. The van der Waals surface area contributed by atoms with Crippen molar-refractivity contribution in [1.29, 1.82) is 0 Å². The van der Waals surface area contributed by atoms with E-state index in [2.05, 4.69) is 0 Å². The normalized spacial score (nSPS) is 17.1. The van der Waals surface area contributed by atoms with Gasteiger partial charge >= 0.3 is 0 Å². The van der Waals surface area contributed by atoms with Crippen molar-refractivity contribution < 1.29 is 14.3 Å². The van der Waals surface area contributed by atoms with Crippen molar-refractivity contribution in [3.8, 4) is 11.5 Å². The van der Waals surface area contributed by atoms with Crippen LogP contribution in [0.2, 0.25) is 0 Å². The van der Waals surface area contributed by atoms with E-state index in [4.69, 9.17) is 9.47 Å². The number of methoxy groups -OCH3 is 2. The Morgan fingerprint density at radius 1 is 1.09 bits per heavy atom. The second-order valence-electron chi connectivity index (χ2n) is 5.23. The van der Waals surface area contributed by atoms with Crippen LogP contribution in [-0.2, 0) is 0 Å². The van der Waals surface area contributed by atoms with Crippen molar-refractivity contribution in [3.05, 3.63) is 59.7 Å². The van der Waals surface area contributed by atoms with Crippen LogP contribution in [0.4, 0.5) is 0 Å². The van der Waals surface area contributed by atoms with Crippen molar-refractivity contribution in [1.82, 2.24) is 4.90 Å². The highest BCUT2D eigenvalue weighted by atomic mass is 32.2. The van der Waals surface area contributed by atoms with E-state index in [1.54, 1.807) is 26.0 Å². The minimum Gasteiger partial charge on any atom is -0.497 e. The summed E-state index contributed by atoms with van der Waals surface area (Å²) >= 11 is 1.76. The Hall–Kier alpha value is -2.14. The fourth-order valence-electron chi connectivity index (χ4n) is 2.67. The number of rotatable bonds is 4. The van der Waals surface area contributed by atoms with Crippen LogP contribution in [0.5, 0.6) is 11.5 Å². The molecule has 1 atom stereocenters. The molecule has 3 rings (SSSR count). The molecule has 0 aliphatic carbocycles. The van der Waals surface area contributed by atoms with Gasteiger partial charge in [-0.15, -0.1) is 11.8 Å². The van der Waals surface area contributed by atoms with Crippen LogP contribution in [0.15, 0.2) is 48.5 Å². The summed E-state index contributed by atoms with van der Waals surface area (Å²) in [5, 5.41) is -0.0216. The van der Waals surface area contributed by atoms with Crippen LogP contribution < -0.4 is 9.47 Å². The Morgan fingerprint density at radius 3 is 2.35 bits per heavy atom. The summed E-state index contributed by atoms with van der Waals surface area (Å²) in [6.45, 7) is 0.739. The molecule has 4 nitrogen and oxygen atoms in total. The Morgan fingerprint density at radius 2 is 1.74 bits per heavy atom. The average molecular weight is 329 g/mol. The number of benzene rings is 2. The topological polar surface area (TPSA) is 38.8 Å². The van der Waals surface area contributed by atoms with Gasteiger partial charge in [-0.2, -0.15) is 0 Å². The van der Waals surface area contributed by atoms with Gasteiger partial charge in [0.05, 0.1) is 14.2 Å². The molecule has 0 saturated carbocycles. The summed E-state index contributed by atoms with van der Waals surface area (Å²) in [6, 6.07) is 15.2. The van der Waals surface area contributed by atoms with Gasteiger partial charge in [-0.05, 0) is 29.8 Å². The van der Waals surface area contributed by atoms with Gasteiger partial charge in [-0.1, -0.05) is 18.2 Å². The lowest BCUT2D eigenvalue weighted by atomic mass is 10.1. The number of carbonyl (C=O) groups is 1. The first-order chi connectivity index (χ1) is 11.2. The van der Waals surface area contributed by atoms with Gasteiger partial charge in [0.2, 0.25) is 0 Å². The van der Waals surface area contributed by atoms with Crippen molar-refractivity contribution in [3.63, 3.8) is 0 Å². The van der Waals surface area contributed by atoms with Crippen LogP contribution in [0.1, 0.15) is 21.3 Å². The fourth-order valence-corrected chi connectivity index (χ4v) is 3.91. The first kappa shape index (κ1) is 15.7. The minimum atomic E-state index is -0.0216. The van der Waals surface area contributed by atoms with Crippen LogP contribution >= 0.6 is 11.8 Å². The van der Waals surface area contributed by atoms with E-state index < -0.39 is 0 Å². The summed E-state index contributed by atoms with van der Waals surface area (Å²) in [5.41, 5.74) is 1.74. The number of carbonyl (C=O) groups excluding carboxylic acids is 1. The van der Waals surface area contributed by atoms with Gasteiger partial charge in [0.25, 0.3) is 5.91 Å². The second-order valence-corrected chi connectivity index (χ2v) is 6.42. The predicted molar refractivity (Wildman–Crippen MR) is 92.2 cm³/mol. The molecule has 1 heterocycles. The van der Waals surface area contributed by atoms with Crippen LogP contribution in [0, 0.1) is 0 Å². The number of thioether (sulfide) groups is 1. The molecule has 1 fully saturated rings. The molecule has 1 unspecified atom stereocenters. The first-order valence-corrected chi connectivity index (χ1v) is 8.48. The maximum absolute atomic E-state index is 12.8. The third kappa shape index (κ3) is 3.29. The molecule has 0 bridgehead atoms. The van der Waals surface area contributed by atoms with Crippen molar-refractivity contribution >= 4 is 17.7 Å². The Balaban J connectivity index is 1.91. The quantitative estimate of drug-likeness (QED) is 0.859. The lowest BCUT2D eigenvalue weighted by Crippen LogP contribution is -2.30. The smallest absolute Gasteiger partial charge is 0.255 e. The molecule has 5 heteroatoms. The maximum atomic E-state index is 12.8. The highest BCUT2D eigenvalue weighted by Gasteiger charge is 2.31. The molecule has 120 valence electrons. The molecule has 2 aromatic rings. The molecule has 0 spiro atoms. The molecule has 2 aromatic carbocycles. The average Bonchev–Trinajstić information content (AvgIpc) is 3.11. The monoisotopic (exact) mass is 329 g/mol. The van der Waals surface area contributed by atoms with Gasteiger partial charge in [0, 0.05) is 23.9 Å². The van der Waals surface area contributed by atoms with E-state index >= 15 is 0 Å². The molecule has 1 aliphatic heterocycles. The molecular weight excluding hydrogens is 310 g/mol. The Kier molecular flexibility index (Phi) is 4.76. The van der Waals surface area contributed by atoms with Gasteiger partial charge in [0.15, 0.2) is 0 Å². The number of hydrogen-bond donors (Lipinski definition) is 0. The third-order valence-corrected chi connectivity index (χ3v) is 5.09. The summed E-state index contributed by atoms with van der Waals surface area (Å²) in [7, 11) is 3.26. The second kappa shape index (κ2) is 6.96. The van der Waals surface area contributed by atoms with Crippen LogP contribution in [0.25, 0.3) is 0 Å². The predicted octanol–water partition coefficient (Wildman–Crippen LogP) is 3.59. The van der Waals surface area contributed by atoms with E-state index in [-0.39, 0.29) is 11.3 Å². The van der Waals surface area contributed by atoms with E-state index in [9.17, 15) is 4.79 Å². The molecule has 0 N–H and O–H groups in total. The van der Waals surface area contributed by atoms with Crippen molar-refractivity contribution in [2.24, 2.45) is 0 Å². The van der Waals surface area contributed by atoms with Crippen molar-refractivity contribution in [2.45, 2.75) is 5.37 Å². The third-order valence-electron chi connectivity index (χ3n) is 3.83.